The van der Waals surface area contributed by atoms with Gasteiger partial charge in [-0.05, 0) is 44.9 Å². The van der Waals surface area contributed by atoms with Crippen LogP contribution in [-0.4, -0.2) is 54.0 Å². The van der Waals surface area contributed by atoms with Crippen molar-refractivity contribution >= 4 is 17.5 Å². The van der Waals surface area contributed by atoms with Crippen molar-refractivity contribution in [2.24, 2.45) is 0 Å². The zero-order valence-electron chi connectivity index (χ0n) is 17.3. The zero-order valence-corrected chi connectivity index (χ0v) is 17.3. The Hall–Kier alpha value is -2.87. The summed E-state index contributed by atoms with van der Waals surface area (Å²) in [5.74, 6) is 0.521. The molecule has 1 aromatic heterocycles. The lowest BCUT2D eigenvalue weighted by Gasteiger charge is -2.33. The van der Waals surface area contributed by atoms with Crippen molar-refractivity contribution < 1.29 is 18.7 Å². The van der Waals surface area contributed by atoms with Crippen molar-refractivity contribution in [1.82, 2.24) is 15.2 Å². The molecule has 0 unspecified atom stereocenters. The lowest BCUT2D eigenvalue weighted by atomic mass is 10.0. The molecule has 0 saturated carbocycles. The first-order chi connectivity index (χ1) is 14.6. The number of ether oxygens (including phenoxy) is 1. The van der Waals surface area contributed by atoms with E-state index in [1.165, 1.54) is 25.5 Å². The highest BCUT2D eigenvalue weighted by Crippen LogP contribution is 2.32. The third kappa shape index (κ3) is 4.64. The summed E-state index contributed by atoms with van der Waals surface area (Å²) in [7, 11) is 0. The number of para-hydroxylation sites is 2. The van der Waals surface area contributed by atoms with E-state index in [0.29, 0.717) is 29.9 Å². The van der Waals surface area contributed by atoms with Crippen molar-refractivity contribution in [3.05, 3.63) is 42.1 Å². The number of aromatic nitrogens is 1. The van der Waals surface area contributed by atoms with Gasteiger partial charge >= 0.3 is 0 Å². The predicted molar refractivity (Wildman–Crippen MR) is 111 cm³/mol. The number of piperidine rings is 1. The van der Waals surface area contributed by atoms with E-state index in [0.717, 1.165) is 19.5 Å². The van der Waals surface area contributed by atoms with E-state index in [9.17, 15) is 9.59 Å². The molecule has 2 amide bonds. The minimum absolute atomic E-state index is 0.0271. The summed E-state index contributed by atoms with van der Waals surface area (Å²) >= 11 is 0. The molecule has 2 aliphatic heterocycles. The molecule has 1 aromatic carbocycles. The summed E-state index contributed by atoms with van der Waals surface area (Å²) in [5, 5.41) is 2.91. The zero-order chi connectivity index (χ0) is 20.9. The van der Waals surface area contributed by atoms with Gasteiger partial charge in [-0.15, -0.1) is 0 Å². The van der Waals surface area contributed by atoms with Crippen LogP contribution in [0.5, 0.6) is 5.75 Å². The van der Waals surface area contributed by atoms with Crippen LogP contribution in [0.4, 0.5) is 5.69 Å². The smallest absolute Gasteiger partial charge is 0.273 e. The van der Waals surface area contributed by atoms with Crippen LogP contribution >= 0.6 is 0 Å². The van der Waals surface area contributed by atoms with Gasteiger partial charge in [-0.1, -0.05) is 18.6 Å². The Labute approximate surface area is 176 Å². The maximum Gasteiger partial charge on any atom is 0.273 e. The summed E-state index contributed by atoms with van der Waals surface area (Å²) in [6.07, 6.45) is 6.07. The first-order valence-corrected chi connectivity index (χ1v) is 10.6. The Bertz CT molecular complexity index is 897. The second-order valence-electron chi connectivity index (χ2n) is 7.85. The van der Waals surface area contributed by atoms with E-state index in [1.54, 1.807) is 4.90 Å². The van der Waals surface area contributed by atoms with E-state index >= 15 is 0 Å². The molecule has 8 heteroatoms. The molecule has 8 nitrogen and oxygen atoms in total. The van der Waals surface area contributed by atoms with Gasteiger partial charge in [0.15, 0.2) is 12.3 Å². The Morgan fingerprint density at radius 2 is 2.17 bits per heavy atom. The fraction of sp³-hybridized carbons (Fsp3) is 0.500. The summed E-state index contributed by atoms with van der Waals surface area (Å²) < 4.78 is 10.9. The standard InChI is InChI=1S/C22H28N4O4/c1-16-7-4-5-11-25(16)12-6-10-23-22(28)17-14-30-20(24-17)13-26-18-8-2-3-9-19(18)29-15-21(26)27/h2-3,8-9,14,16H,4-7,10-13,15H2,1H3,(H,23,28)/t16-/m1/s1. The van der Waals surface area contributed by atoms with Crippen LogP contribution in [0.1, 0.15) is 49.0 Å². The Kier molecular flexibility index (Phi) is 6.32. The molecule has 1 saturated heterocycles. The van der Waals surface area contributed by atoms with E-state index in [2.05, 4.69) is 22.1 Å². The molecule has 1 fully saturated rings. The van der Waals surface area contributed by atoms with Crippen LogP contribution < -0.4 is 15.0 Å². The van der Waals surface area contributed by atoms with E-state index in [4.69, 9.17) is 9.15 Å². The molecule has 30 heavy (non-hydrogen) atoms. The van der Waals surface area contributed by atoms with Gasteiger partial charge in [0, 0.05) is 19.1 Å². The molecule has 2 aromatic rings. The minimum Gasteiger partial charge on any atom is -0.482 e. The molecule has 4 rings (SSSR count). The Balaban J connectivity index is 1.28. The first kappa shape index (κ1) is 20.4. The van der Waals surface area contributed by atoms with E-state index < -0.39 is 0 Å². The van der Waals surface area contributed by atoms with Gasteiger partial charge in [0.1, 0.15) is 18.6 Å². The topological polar surface area (TPSA) is 87.9 Å². The van der Waals surface area contributed by atoms with Gasteiger partial charge in [0.05, 0.1) is 5.69 Å². The predicted octanol–water partition coefficient (Wildman–Crippen LogP) is 2.59. The third-order valence-corrected chi connectivity index (χ3v) is 5.73. The number of amides is 2. The number of hydrogen-bond acceptors (Lipinski definition) is 6. The van der Waals surface area contributed by atoms with Crippen molar-refractivity contribution in [2.45, 2.75) is 45.2 Å². The molecule has 0 bridgehead atoms. The largest absolute Gasteiger partial charge is 0.482 e. The molecule has 3 heterocycles. The summed E-state index contributed by atoms with van der Waals surface area (Å²) in [4.78, 5) is 33.0. The fourth-order valence-electron chi connectivity index (χ4n) is 4.01. The van der Waals surface area contributed by atoms with Crippen LogP contribution in [-0.2, 0) is 11.3 Å². The Morgan fingerprint density at radius 1 is 1.30 bits per heavy atom. The van der Waals surface area contributed by atoms with Gasteiger partial charge in [0.25, 0.3) is 11.8 Å². The van der Waals surface area contributed by atoms with Gasteiger partial charge in [-0.2, -0.15) is 0 Å². The minimum atomic E-state index is -0.259. The van der Waals surface area contributed by atoms with Crippen LogP contribution in [0.25, 0.3) is 0 Å². The number of oxazole rings is 1. The molecule has 0 aliphatic carbocycles. The summed E-state index contributed by atoms with van der Waals surface area (Å²) in [5.41, 5.74) is 0.898. The number of hydrogen-bond donors (Lipinski definition) is 1. The number of nitrogens with zero attached hydrogens (tertiary/aromatic N) is 3. The van der Waals surface area contributed by atoms with Gasteiger partial charge < -0.3 is 19.4 Å². The number of benzene rings is 1. The maximum atomic E-state index is 12.4. The number of nitrogens with one attached hydrogen (secondary N) is 1. The highest BCUT2D eigenvalue weighted by Gasteiger charge is 2.27. The average molecular weight is 412 g/mol. The quantitative estimate of drug-likeness (QED) is 0.704. The van der Waals surface area contributed by atoms with Crippen molar-refractivity contribution in [2.75, 3.05) is 31.1 Å². The molecule has 1 atom stereocenters. The van der Waals surface area contributed by atoms with Crippen LogP contribution in [0.3, 0.4) is 0 Å². The number of anilines is 1. The van der Waals surface area contributed by atoms with Crippen LogP contribution in [0, 0.1) is 0 Å². The highest BCUT2D eigenvalue weighted by molar-refractivity contribution is 5.97. The first-order valence-electron chi connectivity index (χ1n) is 10.6. The SMILES string of the molecule is C[C@@H]1CCCCN1CCCNC(=O)c1coc(CN2C(=O)COc3ccccc32)n1. The maximum absolute atomic E-state index is 12.4. The number of rotatable bonds is 7. The van der Waals surface area contributed by atoms with Crippen molar-refractivity contribution in [3.8, 4) is 5.75 Å². The molecule has 2 aliphatic rings. The highest BCUT2D eigenvalue weighted by atomic mass is 16.5. The second-order valence-corrected chi connectivity index (χ2v) is 7.85. The van der Waals surface area contributed by atoms with Gasteiger partial charge in [-0.25, -0.2) is 4.98 Å². The van der Waals surface area contributed by atoms with Crippen molar-refractivity contribution in [1.29, 1.82) is 0 Å². The van der Waals surface area contributed by atoms with Gasteiger partial charge in [-0.3, -0.25) is 14.5 Å². The number of fused-ring (bicyclic) bond motifs is 1. The normalized spacial score (nSPS) is 19.3. The molecule has 0 spiro atoms. The lowest BCUT2D eigenvalue weighted by molar-refractivity contribution is -0.121. The van der Waals surface area contributed by atoms with E-state index in [1.807, 2.05) is 24.3 Å². The number of likely N-dealkylation sites (tertiary alicyclic amines) is 1. The average Bonchev–Trinajstić information content (AvgIpc) is 3.23. The van der Waals surface area contributed by atoms with E-state index in [-0.39, 0.29) is 30.7 Å². The second kappa shape index (κ2) is 9.30. The molecule has 1 N–H and O–H groups in total. The van der Waals surface area contributed by atoms with Gasteiger partial charge in [0.2, 0.25) is 5.89 Å². The van der Waals surface area contributed by atoms with Crippen LogP contribution in [0.2, 0.25) is 0 Å². The molecule has 0 radical (unpaired) electrons. The summed E-state index contributed by atoms with van der Waals surface area (Å²) in [6.45, 7) is 5.13. The monoisotopic (exact) mass is 412 g/mol. The third-order valence-electron chi connectivity index (χ3n) is 5.73. The summed E-state index contributed by atoms with van der Waals surface area (Å²) in [6, 6.07) is 7.94. The number of carbonyl (C=O) groups is 2. The molecular weight excluding hydrogens is 384 g/mol. The fourth-order valence-corrected chi connectivity index (χ4v) is 4.01. The lowest BCUT2D eigenvalue weighted by Crippen LogP contribution is -2.39. The number of carbonyl (C=O) groups excluding carboxylic acids is 2. The van der Waals surface area contributed by atoms with Crippen LogP contribution in [0.15, 0.2) is 34.9 Å². The molecular formula is C22H28N4O4. The Morgan fingerprint density at radius 3 is 3.03 bits per heavy atom. The van der Waals surface area contributed by atoms with Crippen molar-refractivity contribution in [3.63, 3.8) is 0 Å². The molecule has 160 valence electrons.